The van der Waals surface area contributed by atoms with Crippen molar-refractivity contribution in [1.82, 2.24) is 14.9 Å². The van der Waals surface area contributed by atoms with E-state index in [9.17, 15) is 14.7 Å². The lowest BCUT2D eigenvalue weighted by molar-refractivity contribution is -0.144. The lowest BCUT2D eigenvalue weighted by atomic mass is 9.90. The Bertz CT molecular complexity index is 694. The summed E-state index contributed by atoms with van der Waals surface area (Å²) in [5, 5.41) is 10.0. The van der Waals surface area contributed by atoms with Crippen LogP contribution >= 0.6 is 0 Å². The Morgan fingerprint density at radius 1 is 1.48 bits per heavy atom. The van der Waals surface area contributed by atoms with E-state index in [4.69, 9.17) is 0 Å². The third-order valence-corrected chi connectivity index (χ3v) is 4.25. The van der Waals surface area contributed by atoms with Crippen LogP contribution in [0.25, 0.3) is 11.0 Å². The smallest absolute Gasteiger partial charge is 0.308 e. The van der Waals surface area contributed by atoms with Gasteiger partial charge in [0.05, 0.1) is 11.5 Å². The highest BCUT2D eigenvalue weighted by Gasteiger charge is 2.36. The van der Waals surface area contributed by atoms with Crippen LogP contribution in [-0.4, -0.2) is 44.4 Å². The van der Waals surface area contributed by atoms with E-state index in [1.807, 2.05) is 13.0 Å². The third-order valence-electron chi connectivity index (χ3n) is 4.25. The molecule has 2 N–H and O–H groups in total. The summed E-state index contributed by atoms with van der Waals surface area (Å²) in [5.41, 5.74) is 1.22. The van der Waals surface area contributed by atoms with Gasteiger partial charge >= 0.3 is 5.97 Å². The van der Waals surface area contributed by atoms with Gasteiger partial charge in [-0.25, -0.2) is 4.98 Å². The van der Waals surface area contributed by atoms with E-state index in [1.165, 1.54) is 0 Å². The number of likely N-dealkylation sites (tertiary alicyclic amines) is 1. The van der Waals surface area contributed by atoms with Crippen LogP contribution in [0.1, 0.15) is 30.1 Å². The number of aromatic nitrogens is 2. The van der Waals surface area contributed by atoms with E-state index >= 15 is 0 Å². The van der Waals surface area contributed by atoms with Crippen molar-refractivity contribution in [3.8, 4) is 0 Å². The molecule has 2 atom stereocenters. The van der Waals surface area contributed by atoms with Gasteiger partial charge in [0, 0.05) is 30.4 Å². The van der Waals surface area contributed by atoms with E-state index in [1.54, 1.807) is 23.4 Å². The highest BCUT2D eigenvalue weighted by Crippen LogP contribution is 2.27. The molecule has 6 nitrogen and oxygen atoms in total. The van der Waals surface area contributed by atoms with E-state index in [2.05, 4.69) is 9.97 Å². The second-order valence-electron chi connectivity index (χ2n) is 5.43. The van der Waals surface area contributed by atoms with E-state index in [0.29, 0.717) is 30.6 Å². The van der Waals surface area contributed by atoms with Crippen LogP contribution in [0.2, 0.25) is 0 Å². The van der Waals surface area contributed by atoms with Crippen molar-refractivity contribution in [2.45, 2.75) is 25.8 Å². The lowest BCUT2D eigenvalue weighted by Gasteiger charge is -2.37. The van der Waals surface area contributed by atoms with Crippen molar-refractivity contribution >= 4 is 22.9 Å². The van der Waals surface area contributed by atoms with Crippen LogP contribution in [0.5, 0.6) is 0 Å². The Hall–Kier alpha value is -2.37. The summed E-state index contributed by atoms with van der Waals surface area (Å²) in [5.74, 6) is -1.46. The molecular formula is C15H17N3O3. The molecule has 1 fully saturated rings. The zero-order valence-electron chi connectivity index (χ0n) is 11.7. The molecule has 0 spiro atoms. The van der Waals surface area contributed by atoms with Gasteiger partial charge < -0.3 is 15.0 Å². The van der Waals surface area contributed by atoms with Crippen LogP contribution in [0, 0.1) is 5.92 Å². The number of nitrogens with zero attached hydrogens (tertiary/aromatic N) is 2. The molecule has 1 aliphatic heterocycles. The molecule has 6 heteroatoms. The summed E-state index contributed by atoms with van der Waals surface area (Å²) in [7, 11) is 0. The number of nitrogens with one attached hydrogen (secondary N) is 1. The number of fused-ring (bicyclic) bond motifs is 1. The normalized spacial score (nSPS) is 22.4. The first-order valence-electron chi connectivity index (χ1n) is 7.05. The maximum Gasteiger partial charge on any atom is 0.308 e. The molecule has 1 amide bonds. The summed E-state index contributed by atoms with van der Waals surface area (Å²) >= 11 is 0. The Labute approximate surface area is 121 Å². The van der Waals surface area contributed by atoms with Crippen molar-refractivity contribution in [3.05, 3.63) is 30.1 Å². The Balaban J connectivity index is 1.92. The number of rotatable bonds is 2. The number of H-pyrrole nitrogens is 1. The molecule has 3 heterocycles. The average Bonchev–Trinajstić information content (AvgIpc) is 2.90. The van der Waals surface area contributed by atoms with Crippen molar-refractivity contribution in [2.75, 3.05) is 6.54 Å². The number of carbonyl (C=O) groups is 2. The lowest BCUT2D eigenvalue weighted by Crippen LogP contribution is -2.49. The molecule has 0 unspecified atom stereocenters. The molecule has 0 radical (unpaired) electrons. The van der Waals surface area contributed by atoms with Crippen LogP contribution < -0.4 is 0 Å². The fourth-order valence-corrected chi connectivity index (χ4v) is 3.05. The van der Waals surface area contributed by atoms with E-state index in [0.717, 1.165) is 5.39 Å². The van der Waals surface area contributed by atoms with Gasteiger partial charge in [-0.15, -0.1) is 0 Å². The zero-order chi connectivity index (χ0) is 15.0. The SMILES string of the molecule is C[C@@H]1[C@H](C(=O)O)CCCN1C(=O)c1c[nH]c2ncccc12. The standard InChI is InChI=1S/C15H17N3O3/c1-9-10(15(20)21)5-3-7-18(9)14(19)12-8-17-13-11(12)4-2-6-16-13/h2,4,6,8-10H,3,5,7H2,1H3,(H,16,17)(H,20,21)/t9-,10-/m1/s1. The summed E-state index contributed by atoms with van der Waals surface area (Å²) < 4.78 is 0. The van der Waals surface area contributed by atoms with Crippen LogP contribution in [0.3, 0.4) is 0 Å². The van der Waals surface area contributed by atoms with E-state index < -0.39 is 11.9 Å². The van der Waals surface area contributed by atoms with Gasteiger partial charge in [0.15, 0.2) is 0 Å². The molecule has 0 aromatic carbocycles. The number of piperidine rings is 1. The first-order chi connectivity index (χ1) is 10.1. The average molecular weight is 287 g/mol. The highest BCUT2D eigenvalue weighted by atomic mass is 16.4. The van der Waals surface area contributed by atoms with Gasteiger partial charge in [-0.2, -0.15) is 0 Å². The minimum Gasteiger partial charge on any atom is -0.481 e. The molecule has 3 rings (SSSR count). The second-order valence-corrected chi connectivity index (χ2v) is 5.43. The Kier molecular flexibility index (Phi) is 3.37. The maximum atomic E-state index is 12.7. The van der Waals surface area contributed by atoms with Gasteiger partial charge in [-0.3, -0.25) is 9.59 Å². The fourth-order valence-electron chi connectivity index (χ4n) is 3.05. The summed E-state index contributed by atoms with van der Waals surface area (Å²) in [6, 6.07) is 3.33. The van der Waals surface area contributed by atoms with Crippen molar-refractivity contribution in [2.24, 2.45) is 5.92 Å². The molecule has 110 valence electrons. The molecule has 0 aliphatic carbocycles. The molecule has 2 aromatic rings. The predicted octanol–water partition coefficient (Wildman–Crippen LogP) is 1.89. The molecular weight excluding hydrogens is 270 g/mol. The van der Waals surface area contributed by atoms with Gasteiger partial charge in [0.1, 0.15) is 5.65 Å². The van der Waals surface area contributed by atoms with Crippen LogP contribution in [0.4, 0.5) is 0 Å². The number of aromatic amines is 1. The van der Waals surface area contributed by atoms with Gasteiger partial charge in [-0.05, 0) is 31.9 Å². The van der Waals surface area contributed by atoms with Crippen molar-refractivity contribution in [3.63, 3.8) is 0 Å². The van der Waals surface area contributed by atoms with Crippen LogP contribution in [0.15, 0.2) is 24.5 Å². The number of pyridine rings is 1. The summed E-state index contributed by atoms with van der Waals surface area (Å²) in [6.45, 7) is 2.40. The molecule has 21 heavy (non-hydrogen) atoms. The number of aliphatic carboxylic acids is 1. The zero-order valence-corrected chi connectivity index (χ0v) is 11.7. The number of carbonyl (C=O) groups excluding carboxylic acids is 1. The molecule has 1 saturated heterocycles. The van der Waals surface area contributed by atoms with Gasteiger partial charge in [-0.1, -0.05) is 0 Å². The third kappa shape index (κ3) is 2.26. The molecule has 0 saturated carbocycles. The minimum atomic E-state index is -0.833. The quantitative estimate of drug-likeness (QED) is 0.883. The number of amides is 1. The largest absolute Gasteiger partial charge is 0.481 e. The number of carboxylic acids is 1. The fraction of sp³-hybridized carbons (Fsp3) is 0.400. The van der Waals surface area contributed by atoms with Gasteiger partial charge in [0.25, 0.3) is 5.91 Å². The monoisotopic (exact) mass is 287 g/mol. The number of carboxylic acid groups (broad SMARTS) is 1. The first-order valence-corrected chi connectivity index (χ1v) is 7.05. The summed E-state index contributed by atoms with van der Waals surface area (Å²) in [4.78, 5) is 32.8. The minimum absolute atomic E-state index is 0.132. The molecule has 1 aliphatic rings. The number of hydrogen-bond donors (Lipinski definition) is 2. The Morgan fingerprint density at radius 2 is 2.29 bits per heavy atom. The predicted molar refractivity (Wildman–Crippen MR) is 77.0 cm³/mol. The Morgan fingerprint density at radius 3 is 3.05 bits per heavy atom. The van der Waals surface area contributed by atoms with Crippen molar-refractivity contribution in [1.29, 1.82) is 0 Å². The number of hydrogen-bond acceptors (Lipinski definition) is 3. The highest BCUT2D eigenvalue weighted by molar-refractivity contribution is 6.06. The summed E-state index contributed by atoms with van der Waals surface area (Å²) in [6.07, 6.45) is 4.65. The van der Waals surface area contributed by atoms with Gasteiger partial charge in [0.2, 0.25) is 0 Å². The molecule has 2 aromatic heterocycles. The maximum absolute atomic E-state index is 12.7. The molecule has 0 bridgehead atoms. The van der Waals surface area contributed by atoms with Crippen molar-refractivity contribution < 1.29 is 14.7 Å². The van der Waals surface area contributed by atoms with E-state index in [-0.39, 0.29) is 11.9 Å². The first kappa shape index (κ1) is 13.6. The second kappa shape index (κ2) is 5.20. The van der Waals surface area contributed by atoms with Crippen LogP contribution in [-0.2, 0) is 4.79 Å². The topological polar surface area (TPSA) is 86.3 Å².